The highest BCUT2D eigenvalue weighted by molar-refractivity contribution is 5.52. The van der Waals surface area contributed by atoms with Crippen molar-refractivity contribution in [1.82, 2.24) is 9.96 Å². The van der Waals surface area contributed by atoms with Gasteiger partial charge in [-0.15, -0.1) is 0 Å². The van der Waals surface area contributed by atoms with Gasteiger partial charge < -0.3 is 10.3 Å². The molecule has 0 aromatic rings. The average molecular weight is 534 g/mol. The van der Waals surface area contributed by atoms with Gasteiger partial charge >= 0.3 is 0 Å². The molecule has 0 aromatic carbocycles. The van der Waals surface area contributed by atoms with Crippen LogP contribution >= 0.6 is 0 Å². The van der Waals surface area contributed by atoms with Gasteiger partial charge in [-0.25, -0.2) is 0 Å². The molecule has 1 unspecified atom stereocenters. The van der Waals surface area contributed by atoms with Crippen LogP contribution in [-0.4, -0.2) is 56.0 Å². The second kappa shape index (κ2) is 27.8. The SMILES string of the molecule is CCCCCC/C=C\CON(C)CCCCCCCCC(CCCCCCCC=N)CCCN1CCCC1. The Bertz CT molecular complexity index is 518. The molecule has 0 radical (unpaired) electrons. The standard InChI is InChI=1S/C34H67N3O/c1-3-4-5-6-11-16-23-33-38-36(2)29-20-15-10-8-13-18-26-34(25-17-12-7-9-14-19-28-35)27-24-32-37-30-21-22-31-37/h16,23,28,34-35H,3-15,17-22,24-27,29-33H2,1-2H3/b23-16-,35-28?. The topological polar surface area (TPSA) is 39.6 Å². The quantitative estimate of drug-likeness (QED) is 0.0450. The highest BCUT2D eigenvalue weighted by atomic mass is 16.7. The van der Waals surface area contributed by atoms with Gasteiger partial charge in [0.05, 0.1) is 6.61 Å². The van der Waals surface area contributed by atoms with E-state index in [4.69, 9.17) is 10.2 Å². The number of likely N-dealkylation sites (tertiary alicyclic amines) is 1. The van der Waals surface area contributed by atoms with Crippen LogP contribution < -0.4 is 0 Å². The maximum absolute atomic E-state index is 7.16. The third-order valence-corrected chi connectivity index (χ3v) is 8.36. The van der Waals surface area contributed by atoms with Crippen LogP contribution in [0.25, 0.3) is 0 Å². The molecule has 0 bridgehead atoms. The summed E-state index contributed by atoms with van der Waals surface area (Å²) >= 11 is 0. The molecule has 38 heavy (non-hydrogen) atoms. The molecule has 0 amide bonds. The summed E-state index contributed by atoms with van der Waals surface area (Å²) in [7, 11) is 2.08. The van der Waals surface area contributed by atoms with Crippen molar-refractivity contribution < 1.29 is 4.84 Å². The maximum Gasteiger partial charge on any atom is 0.0866 e. The molecule has 4 heteroatoms. The van der Waals surface area contributed by atoms with Gasteiger partial charge in [-0.05, 0) is 89.6 Å². The fraction of sp³-hybridized carbons (Fsp3) is 0.912. The van der Waals surface area contributed by atoms with E-state index in [-0.39, 0.29) is 0 Å². The lowest BCUT2D eigenvalue weighted by Crippen LogP contribution is -2.21. The van der Waals surface area contributed by atoms with E-state index in [2.05, 4.69) is 31.0 Å². The number of nitrogens with one attached hydrogen (secondary N) is 1. The van der Waals surface area contributed by atoms with Crippen LogP contribution in [0.3, 0.4) is 0 Å². The number of allylic oxidation sites excluding steroid dienone is 1. The van der Waals surface area contributed by atoms with Crippen molar-refractivity contribution in [3.05, 3.63) is 12.2 Å². The normalized spacial score (nSPS) is 15.2. The first-order valence-electron chi connectivity index (χ1n) is 17.0. The summed E-state index contributed by atoms with van der Waals surface area (Å²) in [6.45, 7) is 8.06. The molecule has 1 aliphatic rings. The van der Waals surface area contributed by atoms with E-state index >= 15 is 0 Å². The van der Waals surface area contributed by atoms with Crippen molar-refractivity contribution in [2.45, 2.75) is 155 Å². The lowest BCUT2D eigenvalue weighted by molar-refractivity contribution is -0.128. The average Bonchev–Trinajstić information content (AvgIpc) is 3.44. The van der Waals surface area contributed by atoms with Crippen LogP contribution in [0.15, 0.2) is 12.2 Å². The first kappa shape index (κ1) is 35.3. The smallest absolute Gasteiger partial charge is 0.0866 e. The van der Waals surface area contributed by atoms with E-state index in [9.17, 15) is 0 Å². The van der Waals surface area contributed by atoms with E-state index in [1.54, 1.807) is 6.21 Å². The molecule has 224 valence electrons. The molecule has 1 fully saturated rings. The van der Waals surface area contributed by atoms with Gasteiger partial charge in [0, 0.05) is 13.6 Å². The minimum Gasteiger partial charge on any atom is -0.313 e. The molecule has 0 aromatic heterocycles. The lowest BCUT2D eigenvalue weighted by Gasteiger charge is -2.20. The summed E-state index contributed by atoms with van der Waals surface area (Å²) in [5, 5.41) is 9.19. The highest BCUT2D eigenvalue weighted by Gasteiger charge is 2.13. The van der Waals surface area contributed by atoms with Crippen molar-refractivity contribution in [3.63, 3.8) is 0 Å². The summed E-state index contributed by atoms with van der Waals surface area (Å²) < 4.78 is 0. The van der Waals surface area contributed by atoms with Gasteiger partial charge in [-0.2, -0.15) is 5.06 Å². The van der Waals surface area contributed by atoms with Gasteiger partial charge in [0.25, 0.3) is 0 Å². The third-order valence-electron chi connectivity index (χ3n) is 8.36. The summed E-state index contributed by atoms with van der Waals surface area (Å²) in [6, 6.07) is 0. The van der Waals surface area contributed by atoms with Crippen LogP contribution in [0.2, 0.25) is 0 Å². The predicted octanol–water partition coefficient (Wildman–Crippen LogP) is 9.98. The van der Waals surface area contributed by atoms with Crippen molar-refractivity contribution in [3.8, 4) is 0 Å². The largest absolute Gasteiger partial charge is 0.313 e. The molecule has 1 rings (SSSR count). The monoisotopic (exact) mass is 534 g/mol. The number of nitrogens with zero attached hydrogens (tertiary/aromatic N) is 2. The van der Waals surface area contributed by atoms with E-state index in [0.717, 1.165) is 18.9 Å². The Hall–Kier alpha value is -0.710. The Kier molecular flexibility index (Phi) is 25.9. The zero-order chi connectivity index (χ0) is 27.4. The third kappa shape index (κ3) is 23.2. The number of unbranched alkanes of at least 4 members (excludes halogenated alkanes) is 14. The summed E-state index contributed by atoms with van der Waals surface area (Å²) in [5.74, 6) is 0.954. The minimum absolute atomic E-state index is 0.716. The zero-order valence-electron chi connectivity index (χ0n) is 25.9. The molecule has 1 heterocycles. The molecule has 1 atom stereocenters. The van der Waals surface area contributed by atoms with Crippen LogP contribution in [0.5, 0.6) is 0 Å². The Morgan fingerprint density at radius 2 is 1.29 bits per heavy atom. The predicted molar refractivity (Wildman–Crippen MR) is 168 cm³/mol. The Labute approximate surface area is 238 Å². The van der Waals surface area contributed by atoms with Gasteiger partial charge in [0.1, 0.15) is 0 Å². The fourth-order valence-corrected chi connectivity index (χ4v) is 5.84. The molecule has 1 N–H and O–H groups in total. The van der Waals surface area contributed by atoms with Crippen molar-refractivity contribution in [2.24, 2.45) is 5.92 Å². The summed E-state index contributed by atoms with van der Waals surface area (Å²) in [6.07, 6.45) is 37.1. The molecule has 0 spiro atoms. The lowest BCUT2D eigenvalue weighted by atomic mass is 9.90. The number of hydrogen-bond donors (Lipinski definition) is 1. The number of rotatable bonds is 29. The van der Waals surface area contributed by atoms with Crippen LogP contribution in [0.4, 0.5) is 0 Å². The van der Waals surface area contributed by atoms with Gasteiger partial charge in [0.15, 0.2) is 0 Å². The van der Waals surface area contributed by atoms with Crippen molar-refractivity contribution in [2.75, 3.05) is 39.8 Å². The fourth-order valence-electron chi connectivity index (χ4n) is 5.84. The second-order valence-electron chi connectivity index (χ2n) is 12.0. The molecular weight excluding hydrogens is 466 g/mol. The Balaban J connectivity index is 2.03. The molecule has 4 nitrogen and oxygen atoms in total. The van der Waals surface area contributed by atoms with E-state index in [1.165, 1.54) is 161 Å². The van der Waals surface area contributed by atoms with Crippen LogP contribution in [0.1, 0.15) is 155 Å². The molecular formula is C34H67N3O. The molecule has 1 saturated heterocycles. The zero-order valence-corrected chi connectivity index (χ0v) is 25.9. The molecule has 0 saturated carbocycles. The van der Waals surface area contributed by atoms with Crippen molar-refractivity contribution in [1.29, 1.82) is 5.41 Å². The maximum atomic E-state index is 7.16. The second-order valence-corrected chi connectivity index (χ2v) is 12.0. The summed E-state index contributed by atoms with van der Waals surface area (Å²) in [5.41, 5.74) is 0. The van der Waals surface area contributed by atoms with Crippen LogP contribution in [-0.2, 0) is 4.84 Å². The van der Waals surface area contributed by atoms with E-state index in [0.29, 0.717) is 6.61 Å². The van der Waals surface area contributed by atoms with E-state index in [1.807, 2.05) is 5.06 Å². The molecule has 1 aliphatic heterocycles. The Morgan fingerprint density at radius 1 is 0.711 bits per heavy atom. The first-order chi connectivity index (χ1) is 18.8. The summed E-state index contributed by atoms with van der Waals surface area (Å²) in [4.78, 5) is 8.49. The highest BCUT2D eigenvalue weighted by Crippen LogP contribution is 2.24. The van der Waals surface area contributed by atoms with Gasteiger partial charge in [-0.1, -0.05) is 109 Å². The van der Waals surface area contributed by atoms with Gasteiger partial charge in [-0.3, -0.25) is 4.84 Å². The van der Waals surface area contributed by atoms with E-state index < -0.39 is 0 Å². The van der Waals surface area contributed by atoms with Gasteiger partial charge in [0.2, 0.25) is 0 Å². The first-order valence-corrected chi connectivity index (χ1v) is 17.0. The molecule has 0 aliphatic carbocycles. The Morgan fingerprint density at radius 3 is 1.97 bits per heavy atom. The number of hydrogen-bond acceptors (Lipinski definition) is 4. The minimum atomic E-state index is 0.716. The number of hydroxylamine groups is 2. The van der Waals surface area contributed by atoms with Crippen LogP contribution in [0, 0.1) is 11.3 Å². The van der Waals surface area contributed by atoms with Crippen molar-refractivity contribution >= 4 is 6.21 Å².